The summed E-state index contributed by atoms with van der Waals surface area (Å²) in [6.07, 6.45) is 12.7. The second kappa shape index (κ2) is 16.1. The van der Waals surface area contributed by atoms with E-state index in [1.165, 1.54) is 59.3 Å². The van der Waals surface area contributed by atoms with Gasteiger partial charge >= 0.3 is 21.1 Å². The van der Waals surface area contributed by atoms with E-state index < -0.39 is 5.89 Å². The van der Waals surface area contributed by atoms with Crippen LogP contribution in [0.1, 0.15) is 70.6 Å². The Morgan fingerprint density at radius 1 is 0.631 bits per heavy atom. The third kappa shape index (κ3) is 6.49. The molecule has 0 bridgehead atoms. The standard InChI is InChI=1S/C59H47N4S.Pt/c64-54-26-10-7-19-46(54)58-61-56-44(20-14-25-52(56)63(58)50-23-8-5-17-42(50)39-15-3-1-4-16-39)48-35-41(49-36-40(29-34-60-49)38-27-32-59(33-28-38)30-11-2-12-31-59)37-53-55(48)47-22-13-21-45-43-18-6-9-24-51(43)62(53)57(45)47;/h1,3-10,13-26,29,34,36-38,64H,2,11-12,27-28,30-33H2;/q-1;+2/p-1/i38D;. The average molecular weight is 1040 g/mol. The summed E-state index contributed by atoms with van der Waals surface area (Å²) in [6, 6.07) is 59.9. The first kappa shape index (κ1) is 39.3. The molecule has 13 rings (SSSR count). The van der Waals surface area contributed by atoms with Crippen molar-refractivity contribution in [2.24, 2.45) is 5.41 Å². The van der Waals surface area contributed by atoms with Crippen LogP contribution in [0.2, 0.25) is 0 Å². The first-order valence-electron chi connectivity index (χ1n) is 23.5. The molecule has 2 aliphatic carbocycles. The first-order valence-corrected chi connectivity index (χ1v) is 23.4. The Labute approximate surface area is 400 Å². The molecule has 7 aromatic carbocycles. The molecule has 11 aromatic rings. The van der Waals surface area contributed by atoms with Crippen molar-refractivity contribution in [2.45, 2.75) is 68.6 Å². The minimum absolute atomic E-state index is 0. The number of rotatable bonds is 6. The number of para-hydroxylation sites is 4. The van der Waals surface area contributed by atoms with E-state index in [9.17, 15) is 1.37 Å². The van der Waals surface area contributed by atoms with Crippen molar-refractivity contribution in [2.75, 3.05) is 0 Å². The summed E-state index contributed by atoms with van der Waals surface area (Å²) in [4.78, 5) is 11.5. The van der Waals surface area contributed by atoms with E-state index in [4.69, 9.17) is 22.6 Å². The van der Waals surface area contributed by atoms with E-state index in [2.05, 4.69) is 155 Å². The summed E-state index contributed by atoms with van der Waals surface area (Å²) in [5, 5.41) is 4.78. The van der Waals surface area contributed by atoms with Crippen LogP contribution in [0, 0.1) is 11.5 Å². The molecular formula is C59H46N4PtS. The Balaban J connectivity index is 0.00000456. The Bertz CT molecular complexity index is 3630. The minimum Gasteiger partial charge on any atom is -0.779 e. The van der Waals surface area contributed by atoms with Crippen molar-refractivity contribution >= 4 is 61.8 Å². The van der Waals surface area contributed by atoms with E-state index in [-0.39, 0.29) is 21.1 Å². The van der Waals surface area contributed by atoms with E-state index in [0.29, 0.717) is 5.41 Å². The molecule has 4 nitrogen and oxygen atoms in total. The molecule has 2 saturated carbocycles. The Morgan fingerprint density at radius 2 is 1.32 bits per heavy atom. The molecule has 0 saturated heterocycles. The maximum atomic E-state index is 9.94. The quantitative estimate of drug-likeness (QED) is 0.123. The molecule has 65 heavy (non-hydrogen) atoms. The zero-order valence-corrected chi connectivity index (χ0v) is 39.1. The molecule has 1 spiro atoms. The second-order valence-electron chi connectivity index (χ2n) is 18.3. The Hall–Kier alpha value is -6.13. The van der Waals surface area contributed by atoms with Gasteiger partial charge in [0.15, 0.2) is 0 Å². The van der Waals surface area contributed by atoms with Gasteiger partial charge in [-0.05, 0) is 102 Å². The fourth-order valence-corrected chi connectivity index (χ4v) is 11.9. The number of pyridine rings is 1. The second-order valence-corrected chi connectivity index (χ2v) is 18.7. The van der Waals surface area contributed by atoms with Gasteiger partial charge in [-0.25, -0.2) is 4.98 Å². The first-order chi connectivity index (χ1) is 32.0. The Morgan fingerprint density at radius 3 is 2.17 bits per heavy atom. The van der Waals surface area contributed by atoms with Crippen LogP contribution in [0.4, 0.5) is 0 Å². The van der Waals surface area contributed by atoms with Gasteiger partial charge in [-0.15, -0.1) is 11.6 Å². The summed E-state index contributed by atoms with van der Waals surface area (Å²) < 4.78 is 14.7. The third-order valence-corrected chi connectivity index (χ3v) is 15.2. The van der Waals surface area contributed by atoms with Crippen LogP contribution < -0.4 is 0 Å². The van der Waals surface area contributed by atoms with E-state index in [1.54, 1.807) is 0 Å². The van der Waals surface area contributed by atoms with Gasteiger partial charge in [0.1, 0.15) is 5.82 Å². The predicted molar refractivity (Wildman–Crippen MR) is 266 cm³/mol. The fourth-order valence-electron chi connectivity index (χ4n) is 11.7. The zero-order chi connectivity index (χ0) is 43.3. The summed E-state index contributed by atoms with van der Waals surface area (Å²) in [6.45, 7) is 0. The number of imidazole rings is 1. The zero-order valence-electron chi connectivity index (χ0n) is 37.0. The molecule has 0 amide bonds. The van der Waals surface area contributed by atoms with Crippen molar-refractivity contribution in [3.63, 3.8) is 0 Å². The predicted octanol–water partition coefficient (Wildman–Crippen LogP) is 15.6. The molecule has 4 aromatic heterocycles. The van der Waals surface area contributed by atoms with Gasteiger partial charge in [-0.3, -0.25) is 9.55 Å². The molecular weight excluding hydrogens is 992 g/mol. The molecule has 0 aliphatic heterocycles. The van der Waals surface area contributed by atoms with Crippen LogP contribution in [0.15, 0.2) is 169 Å². The molecule has 318 valence electrons. The minimum atomic E-state index is -0.634. The summed E-state index contributed by atoms with van der Waals surface area (Å²) in [7, 11) is 0. The van der Waals surface area contributed by atoms with E-state index in [1.807, 2.05) is 24.4 Å². The van der Waals surface area contributed by atoms with Crippen molar-refractivity contribution in [1.29, 1.82) is 0 Å². The van der Waals surface area contributed by atoms with E-state index in [0.717, 1.165) is 109 Å². The van der Waals surface area contributed by atoms with Crippen LogP contribution >= 0.6 is 0 Å². The van der Waals surface area contributed by atoms with Gasteiger partial charge < -0.3 is 17.0 Å². The molecule has 6 heteroatoms. The molecule has 0 unspecified atom stereocenters. The van der Waals surface area contributed by atoms with Crippen LogP contribution in [-0.2, 0) is 33.7 Å². The van der Waals surface area contributed by atoms with Crippen molar-refractivity contribution in [3.05, 3.63) is 176 Å². The summed E-state index contributed by atoms with van der Waals surface area (Å²) in [5.74, 6) is 0.163. The number of benzene rings is 7. The molecule has 0 N–H and O–H groups in total. The third-order valence-electron chi connectivity index (χ3n) is 14.8. The van der Waals surface area contributed by atoms with Gasteiger partial charge in [0, 0.05) is 29.6 Å². The monoisotopic (exact) mass is 1040 g/mol. The maximum absolute atomic E-state index is 9.94. The SMILES string of the molecule is [2H]C1(c2ccnc(-c3[c-]c(-c4cccc5c4nc(-c4ccccc4[S-])n5-c4ccccc4-c4ccccc4)c4c5cccc6c7ccccc7n(c4c3)c65)c2)CCC2(CCCCC2)CC1.[Pt+2]. The molecule has 2 fully saturated rings. The number of hydrogen-bond donors (Lipinski definition) is 0. The number of nitrogens with zero attached hydrogens (tertiary/aromatic N) is 4. The van der Waals surface area contributed by atoms with Gasteiger partial charge in [0.05, 0.1) is 27.8 Å². The average Bonchev–Trinajstić information content (AvgIpc) is 4.03. The Kier molecular flexibility index (Phi) is 9.71. The molecule has 0 atom stereocenters. The van der Waals surface area contributed by atoms with Crippen LogP contribution in [-0.4, -0.2) is 18.9 Å². The van der Waals surface area contributed by atoms with Gasteiger partial charge in [0.25, 0.3) is 0 Å². The number of hydrogen-bond acceptors (Lipinski definition) is 3. The van der Waals surface area contributed by atoms with Crippen LogP contribution in [0.3, 0.4) is 0 Å². The van der Waals surface area contributed by atoms with Crippen LogP contribution in [0.25, 0.3) is 99.7 Å². The largest absolute Gasteiger partial charge is 2.00 e. The van der Waals surface area contributed by atoms with Crippen LogP contribution in [0.5, 0.6) is 0 Å². The summed E-state index contributed by atoms with van der Waals surface area (Å²) >= 11 is 6.06. The van der Waals surface area contributed by atoms with E-state index >= 15 is 0 Å². The number of fused-ring (bicyclic) bond motifs is 7. The molecule has 2 aliphatic rings. The normalized spacial score (nSPS) is 16.2. The van der Waals surface area contributed by atoms with Crippen molar-refractivity contribution in [3.8, 4) is 50.6 Å². The fraction of sp³-hybridized carbons (Fsp3) is 0.186. The molecule has 0 radical (unpaired) electrons. The molecule has 4 heterocycles. The van der Waals surface area contributed by atoms with Gasteiger partial charge in [0.2, 0.25) is 0 Å². The maximum Gasteiger partial charge on any atom is 2.00 e. The topological polar surface area (TPSA) is 35.1 Å². The smallest absolute Gasteiger partial charge is 0.779 e. The van der Waals surface area contributed by atoms with Crippen molar-refractivity contribution < 1.29 is 22.4 Å². The van der Waals surface area contributed by atoms with Gasteiger partial charge in [-0.2, -0.15) is 4.90 Å². The van der Waals surface area contributed by atoms with Gasteiger partial charge in [-0.1, -0.05) is 169 Å². The van der Waals surface area contributed by atoms with Crippen molar-refractivity contribution in [1.82, 2.24) is 18.9 Å². The summed E-state index contributed by atoms with van der Waals surface area (Å²) in [5.41, 5.74) is 14.7. The number of aromatic nitrogens is 4.